The van der Waals surface area contributed by atoms with E-state index in [4.69, 9.17) is 0 Å². The summed E-state index contributed by atoms with van der Waals surface area (Å²) in [6, 6.07) is 0.560. The Balaban J connectivity index is 1.97. The van der Waals surface area contributed by atoms with Gasteiger partial charge in [0, 0.05) is 12.6 Å². The van der Waals surface area contributed by atoms with Gasteiger partial charge in [-0.05, 0) is 52.0 Å². The van der Waals surface area contributed by atoms with Gasteiger partial charge in [0.1, 0.15) is 0 Å². The maximum absolute atomic E-state index is 11.4. The molecule has 0 bridgehead atoms. The monoisotopic (exact) mass is 253 g/mol. The number of piperidine rings is 1. The predicted octanol–water partition coefficient (Wildman–Crippen LogP) is 3.14. The van der Waals surface area contributed by atoms with Crippen LogP contribution in [0.1, 0.15) is 58.8 Å². The Kier molecular flexibility index (Phi) is 4.31. The number of carboxylic acids is 1. The van der Waals surface area contributed by atoms with Crippen LogP contribution >= 0.6 is 0 Å². The van der Waals surface area contributed by atoms with E-state index in [9.17, 15) is 9.90 Å². The van der Waals surface area contributed by atoms with Crippen LogP contribution in [0.25, 0.3) is 0 Å². The molecule has 1 saturated heterocycles. The number of hydrogen-bond acceptors (Lipinski definition) is 2. The van der Waals surface area contributed by atoms with Crippen molar-refractivity contribution in [2.75, 3.05) is 13.1 Å². The van der Waals surface area contributed by atoms with Crippen molar-refractivity contribution in [3.05, 3.63) is 0 Å². The first-order valence-corrected chi connectivity index (χ1v) is 7.50. The fourth-order valence-electron chi connectivity index (χ4n) is 3.72. The molecule has 2 rings (SSSR count). The first-order valence-electron chi connectivity index (χ1n) is 7.50. The smallest absolute Gasteiger partial charge is 0.310 e. The number of rotatable bonds is 3. The third-order valence-corrected chi connectivity index (χ3v) is 5.15. The minimum atomic E-state index is -0.622. The lowest BCUT2D eigenvalue weighted by atomic mass is 9.78. The molecule has 3 nitrogen and oxygen atoms in total. The van der Waals surface area contributed by atoms with Crippen molar-refractivity contribution in [1.29, 1.82) is 0 Å². The van der Waals surface area contributed by atoms with E-state index >= 15 is 0 Å². The summed E-state index contributed by atoms with van der Waals surface area (Å²) in [7, 11) is 0. The first-order chi connectivity index (χ1) is 8.53. The van der Waals surface area contributed by atoms with Crippen LogP contribution in [0.15, 0.2) is 0 Å². The molecule has 1 N–H and O–H groups in total. The van der Waals surface area contributed by atoms with Gasteiger partial charge in [-0.1, -0.05) is 19.3 Å². The van der Waals surface area contributed by atoms with Crippen molar-refractivity contribution in [1.82, 2.24) is 4.90 Å². The third-order valence-electron chi connectivity index (χ3n) is 5.15. The fraction of sp³-hybridized carbons (Fsp3) is 0.933. The molecule has 2 fully saturated rings. The Hall–Kier alpha value is -0.570. The summed E-state index contributed by atoms with van der Waals surface area (Å²) in [5.74, 6) is 0.165. The second kappa shape index (κ2) is 5.60. The highest BCUT2D eigenvalue weighted by Crippen LogP contribution is 2.35. The quantitative estimate of drug-likeness (QED) is 0.840. The molecule has 0 aromatic carbocycles. The Morgan fingerprint density at radius 2 is 1.94 bits per heavy atom. The molecule has 1 aliphatic carbocycles. The Morgan fingerprint density at radius 1 is 1.28 bits per heavy atom. The Labute approximate surface area is 111 Å². The molecule has 104 valence electrons. The number of hydrogen-bond donors (Lipinski definition) is 1. The van der Waals surface area contributed by atoms with Gasteiger partial charge in [0.2, 0.25) is 0 Å². The molecular weight excluding hydrogens is 226 g/mol. The minimum absolute atomic E-state index is 0.527. The zero-order valence-electron chi connectivity index (χ0n) is 11.8. The maximum Gasteiger partial charge on any atom is 0.310 e. The number of likely N-dealkylation sites (tertiary alicyclic amines) is 1. The molecule has 1 aliphatic heterocycles. The normalized spacial score (nSPS) is 33.2. The fourth-order valence-corrected chi connectivity index (χ4v) is 3.72. The minimum Gasteiger partial charge on any atom is -0.481 e. The van der Waals surface area contributed by atoms with Crippen molar-refractivity contribution in [3.8, 4) is 0 Å². The van der Waals surface area contributed by atoms with Crippen molar-refractivity contribution >= 4 is 5.97 Å². The standard InChI is InChI=1S/C15H27NO2/c1-12(13-7-4-3-5-8-13)16-10-6-9-15(2,11-16)14(17)18/h12-13H,3-11H2,1-2H3,(H,17,18). The van der Waals surface area contributed by atoms with Crippen LogP contribution in [-0.4, -0.2) is 35.1 Å². The SMILES string of the molecule is CC(C1CCCCC1)N1CCCC(C)(C(=O)O)C1. The van der Waals surface area contributed by atoms with Crippen molar-refractivity contribution in [2.45, 2.75) is 64.8 Å². The van der Waals surface area contributed by atoms with Gasteiger partial charge in [-0.25, -0.2) is 0 Å². The lowest BCUT2D eigenvalue weighted by Crippen LogP contribution is -2.51. The average Bonchev–Trinajstić information content (AvgIpc) is 2.39. The zero-order chi connectivity index (χ0) is 13.2. The molecule has 2 aliphatic rings. The van der Waals surface area contributed by atoms with Crippen molar-refractivity contribution < 1.29 is 9.90 Å². The molecule has 0 radical (unpaired) electrons. The predicted molar refractivity (Wildman–Crippen MR) is 72.6 cm³/mol. The lowest BCUT2D eigenvalue weighted by Gasteiger charge is -2.44. The topological polar surface area (TPSA) is 40.5 Å². The Morgan fingerprint density at radius 3 is 2.56 bits per heavy atom. The van der Waals surface area contributed by atoms with Crippen LogP contribution in [0.4, 0.5) is 0 Å². The third kappa shape index (κ3) is 2.87. The van der Waals surface area contributed by atoms with Crippen LogP contribution < -0.4 is 0 Å². The molecule has 0 spiro atoms. The van der Waals surface area contributed by atoms with E-state index in [1.165, 1.54) is 32.1 Å². The van der Waals surface area contributed by atoms with Gasteiger partial charge >= 0.3 is 5.97 Å². The van der Waals surface area contributed by atoms with E-state index < -0.39 is 11.4 Å². The second-order valence-corrected chi connectivity index (χ2v) is 6.58. The lowest BCUT2D eigenvalue weighted by molar-refractivity contribution is -0.152. The van der Waals surface area contributed by atoms with Gasteiger partial charge in [-0.3, -0.25) is 9.69 Å². The average molecular weight is 253 g/mol. The van der Waals surface area contributed by atoms with E-state index in [1.807, 2.05) is 6.92 Å². The summed E-state index contributed by atoms with van der Waals surface area (Å²) < 4.78 is 0. The number of carbonyl (C=O) groups is 1. The van der Waals surface area contributed by atoms with Gasteiger partial charge in [-0.15, -0.1) is 0 Å². The summed E-state index contributed by atoms with van der Waals surface area (Å²) in [4.78, 5) is 13.8. The molecule has 3 heteroatoms. The molecule has 1 heterocycles. The summed E-state index contributed by atoms with van der Waals surface area (Å²) in [6.07, 6.45) is 8.63. The molecule has 0 aromatic rings. The molecule has 2 atom stereocenters. The number of nitrogens with zero attached hydrogens (tertiary/aromatic N) is 1. The maximum atomic E-state index is 11.4. The molecule has 0 amide bonds. The second-order valence-electron chi connectivity index (χ2n) is 6.58. The van der Waals surface area contributed by atoms with Gasteiger partial charge in [0.15, 0.2) is 0 Å². The zero-order valence-corrected chi connectivity index (χ0v) is 11.8. The summed E-state index contributed by atoms with van der Waals surface area (Å²) >= 11 is 0. The van der Waals surface area contributed by atoms with E-state index in [0.717, 1.165) is 31.8 Å². The van der Waals surface area contributed by atoms with Crippen LogP contribution in [0.5, 0.6) is 0 Å². The van der Waals surface area contributed by atoms with E-state index in [-0.39, 0.29) is 0 Å². The van der Waals surface area contributed by atoms with Crippen LogP contribution in [0, 0.1) is 11.3 Å². The first kappa shape index (κ1) is 13.9. The van der Waals surface area contributed by atoms with Gasteiger partial charge < -0.3 is 5.11 Å². The molecule has 0 aromatic heterocycles. The van der Waals surface area contributed by atoms with Crippen molar-refractivity contribution in [3.63, 3.8) is 0 Å². The number of carboxylic acid groups (broad SMARTS) is 1. The highest BCUT2D eigenvalue weighted by Gasteiger charge is 2.40. The summed E-state index contributed by atoms with van der Waals surface area (Å²) in [6.45, 7) is 6.04. The largest absolute Gasteiger partial charge is 0.481 e. The molecule has 18 heavy (non-hydrogen) atoms. The molecule has 2 unspecified atom stereocenters. The van der Waals surface area contributed by atoms with Gasteiger partial charge in [0.05, 0.1) is 5.41 Å². The molecule has 1 saturated carbocycles. The highest BCUT2D eigenvalue weighted by molar-refractivity contribution is 5.74. The van der Waals surface area contributed by atoms with Crippen LogP contribution in [0.2, 0.25) is 0 Å². The van der Waals surface area contributed by atoms with E-state index in [2.05, 4.69) is 11.8 Å². The summed E-state index contributed by atoms with van der Waals surface area (Å²) in [5, 5.41) is 9.38. The van der Waals surface area contributed by atoms with E-state index in [0.29, 0.717) is 6.04 Å². The molecular formula is C15H27NO2. The summed E-state index contributed by atoms with van der Waals surface area (Å²) in [5.41, 5.74) is -0.527. The number of aliphatic carboxylic acids is 1. The van der Waals surface area contributed by atoms with Gasteiger partial charge in [-0.2, -0.15) is 0 Å². The highest BCUT2D eigenvalue weighted by atomic mass is 16.4. The Bertz CT molecular complexity index is 299. The van der Waals surface area contributed by atoms with Crippen LogP contribution in [-0.2, 0) is 4.79 Å². The van der Waals surface area contributed by atoms with E-state index in [1.54, 1.807) is 0 Å². The van der Waals surface area contributed by atoms with Crippen molar-refractivity contribution in [2.24, 2.45) is 11.3 Å². The van der Waals surface area contributed by atoms with Gasteiger partial charge in [0.25, 0.3) is 0 Å². The van der Waals surface area contributed by atoms with Crippen LogP contribution in [0.3, 0.4) is 0 Å².